The van der Waals surface area contributed by atoms with E-state index in [-0.39, 0.29) is 0 Å². The fourth-order valence-corrected chi connectivity index (χ4v) is 3.16. The molecule has 1 unspecified atom stereocenters. The van der Waals surface area contributed by atoms with Crippen LogP contribution < -0.4 is 5.73 Å². The Morgan fingerprint density at radius 1 is 1.30 bits per heavy atom. The van der Waals surface area contributed by atoms with E-state index in [1.54, 1.807) is 12.1 Å². The Kier molecular flexibility index (Phi) is 3.50. The molecule has 1 aliphatic rings. The molecule has 3 rings (SSSR count). The quantitative estimate of drug-likeness (QED) is 0.655. The van der Waals surface area contributed by atoms with Gasteiger partial charge in [-0.3, -0.25) is 0 Å². The Morgan fingerprint density at radius 2 is 2.10 bits per heavy atom. The van der Waals surface area contributed by atoms with Gasteiger partial charge in [-0.1, -0.05) is 28.8 Å². The molecular weight excluding hydrogens is 319 g/mol. The van der Waals surface area contributed by atoms with Crippen LogP contribution in [-0.4, -0.2) is 21.5 Å². The van der Waals surface area contributed by atoms with Gasteiger partial charge in [-0.25, -0.2) is 9.97 Å². The number of nitrogens with two attached hydrogens (primary N) is 1. The summed E-state index contributed by atoms with van der Waals surface area (Å²) in [5.74, 6) is 0.584. The summed E-state index contributed by atoms with van der Waals surface area (Å²) >= 11 is 18.6. The van der Waals surface area contributed by atoms with Gasteiger partial charge in [0.15, 0.2) is 5.65 Å². The van der Waals surface area contributed by atoms with Crippen molar-refractivity contribution in [3.63, 3.8) is 0 Å². The average molecular weight is 330 g/mol. The monoisotopic (exact) mass is 328 g/mol. The molecule has 2 heterocycles. The predicted molar refractivity (Wildman–Crippen MR) is 82.1 cm³/mol. The lowest BCUT2D eigenvalue weighted by Gasteiger charge is -2.26. The van der Waals surface area contributed by atoms with Crippen LogP contribution in [0.5, 0.6) is 0 Å². The van der Waals surface area contributed by atoms with E-state index >= 15 is 0 Å². The molecule has 2 aromatic heterocycles. The highest BCUT2D eigenvalue weighted by Gasteiger charge is 2.34. The lowest BCUT2D eigenvalue weighted by molar-refractivity contribution is 0.677. The van der Waals surface area contributed by atoms with Gasteiger partial charge >= 0.3 is 0 Å². The molecule has 0 spiro atoms. The summed E-state index contributed by atoms with van der Waals surface area (Å²) in [6.07, 6.45) is 4.14. The molecule has 1 atom stereocenters. The van der Waals surface area contributed by atoms with E-state index in [2.05, 4.69) is 15.0 Å². The summed E-state index contributed by atoms with van der Waals surface area (Å²) in [5, 5.41) is 0.942. The Balaban J connectivity index is 2.08. The van der Waals surface area contributed by atoms with Crippen molar-refractivity contribution in [2.75, 3.05) is 6.54 Å². The summed E-state index contributed by atoms with van der Waals surface area (Å²) < 4.78 is 0. The second-order valence-corrected chi connectivity index (χ2v) is 6.16. The van der Waals surface area contributed by atoms with Crippen LogP contribution in [0.25, 0.3) is 11.2 Å². The van der Waals surface area contributed by atoms with Crippen LogP contribution in [0.4, 0.5) is 0 Å². The van der Waals surface area contributed by atoms with Crippen molar-refractivity contribution in [1.82, 2.24) is 15.0 Å². The van der Waals surface area contributed by atoms with E-state index in [1.165, 1.54) is 0 Å². The molecule has 1 aliphatic carbocycles. The number of pyridine rings is 1. The van der Waals surface area contributed by atoms with Crippen LogP contribution in [0.1, 0.15) is 12.2 Å². The number of nitrogens with zero attached hydrogens (tertiary/aromatic N) is 2. The fraction of sp³-hybridized carbons (Fsp3) is 0.231. The molecule has 0 saturated heterocycles. The molecule has 3 N–H and O–H groups in total. The van der Waals surface area contributed by atoms with E-state index in [9.17, 15) is 0 Å². The third-order valence-electron chi connectivity index (χ3n) is 3.16. The molecule has 20 heavy (non-hydrogen) atoms. The lowest BCUT2D eigenvalue weighted by atomic mass is 9.92. The van der Waals surface area contributed by atoms with Crippen molar-refractivity contribution < 1.29 is 0 Å². The normalized spacial score (nSPS) is 22.8. The third-order valence-corrected chi connectivity index (χ3v) is 4.01. The zero-order valence-corrected chi connectivity index (χ0v) is 12.6. The highest BCUT2D eigenvalue weighted by Crippen LogP contribution is 2.41. The summed E-state index contributed by atoms with van der Waals surface area (Å²) in [4.78, 5) is 10.9. The highest BCUT2D eigenvalue weighted by atomic mass is 35.5. The van der Waals surface area contributed by atoms with Gasteiger partial charge in [-0.05, 0) is 30.7 Å². The molecular formula is C13H11Cl3N4. The van der Waals surface area contributed by atoms with Crippen molar-refractivity contribution in [2.24, 2.45) is 5.73 Å². The van der Waals surface area contributed by atoms with E-state index in [0.717, 1.165) is 11.1 Å². The zero-order valence-electron chi connectivity index (χ0n) is 10.3. The maximum absolute atomic E-state index is 6.67. The van der Waals surface area contributed by atoms with Crippen molar-refractivity contribution in [3.05, 3.63) is 45.9 Å². The maximum atomic E-state index is 6.67. The number of aromatic amines is 1. The van der Waals surface area contributed by atoms with Gasteiger partial charge in [-0.2, -0.15) is 0 Å². The third kappa shape index (κ3) is 2.44. The smallest absolute Gasteiger partial charge is 0.179 e. The summed E-state index contributed by atoms with van der Waals surface area (Å²) in [7, 11) is 0. The molecule has 0 aromatic carbocycles. The number of imidazole rings is 1. The first-order chi connectivity index (χ1) is 9.50. The second kappa shape index (κ2) is 5.04. The Hall–Kier alpha value is -1.07. The van der Waals surface area contributed by atoms with Crippen molar-refractivity contribution in [1.29, 1.82) is 0 Å². The minimum atomic E-state index is -0.840. The first-order valence-electron chi connectivity index (χ1n) is 6.00. The molecule has 0 radical (unpaired) electrons. The minimum Gasteiger partial charge on any atom is -0.339 e. The molecule has 7 heteroatoms. The van der Waals surface area contributed by atoms with Crippen LogP contribution in [0.2, 0.25) is 5.15 Å². The second-order valence-electron chi connectivity index (χ2n) is 4.67. The first-order valence-corrected chi connectivity index (χ1v) is 7.13. The largest absolute Gasteiger partial charge is 0.339 e. The first kappa shape index (κ1) is 13.9. The molecule has 0 aliphatic heterocycles. The Bertz CT molecular complexity index is 734. The van der Waals surface area contributed by atoms with Crippen LogP contribution in [0, 0.1) is 0 Å². The number of halogens is 3. The van der Waals surface area contributed by atoms with Crippen LogP contribution >= 0.6 is 34.8 Å². The summed E-state index contributed by atoms with van der Waals surface area (Å²) in [5.41, 5.74) is 7.96. The lowest BCUT2D eigenvalue weighted by Crippen LogP contribution is -2.23. The fourth-order valence-electron chi connectivity index (χ4n) is 2.24. The SMILES string of the molecule is NCC1=CC(Cl)=CC(Cl)(c2nc3nc(Cl)ccc3[nH]2)C1. The standard InChI is InChI=1S/C13H11Cl3N4/c14-8-3-7(6-17)4-13(16,5-8)12-18-9-1-2-10(15)19-11(9)20-12/h1-3,5H,4,6,17H2,(H,18,19,20). The number of fused-ring (bicyclic) bond motifs is 1. The van der Waals surface area contributed by atoms with Crippen LogP contribution in [-0.2, 0) is 4.87 Å². The van der Waals surface area contributed by atoms with E-state index in [4.69, 9.17) is 40.5 Å². The van der Waals surface area contributed by atoms with Gasteiger partial charge < -0.3 is 10.7 Å². The van der Waals surface area contributed by atoms with Gasteiger partial charge in [0.25, 0.3) is 0 Å². The van der Waals surface area contributed by atoms with Crippen molar-refractivity contribution >= 4 is 46.0 Å². The number of nitrogens with one attached hydrogen (secondary N) is 1. The molecule has 0 saturated carbocycles. The minimum absolute atomic E-state index is 0.388. The molecule has 0 fully saturated rings. The Labute approximate surface area is 130 Å². The van der Waals surface area contributed by atoms with E-state index in [0.29, 0.717) is 34.6 Å². The number of H-pyrrole nitrogens is 1. The van der Waals surface area contributed by atoms with E-state index in [1.807, 2.05) is 12.1 Å². The van der Waals surface area contributed by atoms with Gasteiger partial charge in [0.2, 0.25) is 0 Å². The number of hydrogen-bond acceptors (Lipinski definition) is 3. The van der Waals surface area contributed by atoms with Crippen LogP contribution in [0.15, 0.2) is 34.9 Å². The van der Waals surface area contributed by atoms with Crippen molar-refractivity contribution in [2.45, 2.75) is 11.3 Å². The topological polar surface area (TPSA) is 67.6 Å². The maximum Gasteiger partial charge on any atom is 0.179 e. The van der Waals surface area contributed by atoms with Gasteiger partial charge in [0, 0.05) is 11.6 Å². The van der Waals surface area contributed by atoms with E-state index < -0.39 is 4.87 Å². The summed E-state index contributed by atoms with van der Waals surface area (Å²) in [6, 6.07) is 3.51. The van der Waals surface area contributed by atoms with Gasteiger partial charge in [0.05, 0.1) is 5.52 Å². The predicted octanol–water partition coefficient (Wildman–Crippen LogP) is 3.46. The molecule has 4 nitrogen and oxygen atoms in total. The van der Waals surface area contributed by atoms with Crippen LogP contribution in [0.3, 0.4) is 0 Å². The Morgan fingerprint density at radius 3 is 2.85 bits per heavy atom. The highest BCUT2D eigenvalue weighted by molar-refractivity contribution is 6.33. The van der Waals surface area contributed by atoms with Gasteiger partial charge in [0.1, 0.15) is 15.9 Å². The number of alkyl halides is 1. The zero-order chi connectivity index (χ0) is 14.3. The van der Waals surface area contributed by atoms with Crippen molar-refractivity contribution in [3.8, 4) is 0 Å². The number of allylic oxidation sites excluding steroid dienone is 3. The summed E-state index contributed by atoms with van der Waals surface area (Å²) in [6.45, 7) is 0.406. The van der Waals surface area contributed by atoms with Gasteiger partial charge in [-0.15, -0.1) is 11.6 Å². The average Bonchev–Trinajstić information content (AvgIpc) is 2.81. The number of hydrogen-bond donors (Lipinski definition) is 2. The molecule has 0 amide bonds. The molecule has 0 bridgehead atoms. The molecule has 2 aromatic rings. The number of aromatic nitrogens is 3. The number of rotatable bonds is 2. The molecule has 104 valence electrons.